The Morgan fingerprint density at radius 2 is 1.65 bits per heavy atom. The predicted octanol–water partition coefficient (Wildman–Crippen LogP) is 0.504. The van der Waals surface area contributed by atoms with Crippen LogP contribution in [0.5, 0.6) is 0 Å². The summed E-state index contributed by atoms with van der Waals surface area (Å²) >= 11 is 0. The average molecular weight is 243 g/mol. The van der Waals surface area contributed by atoms with Crippen LogP contribution in [0, 0.1) is 0 Å². The van der Waals surface area contributed by atoms with E-state index >= 15 is 0 Å². The van der Waals surface area contributed by atoms with Gasteiger partial charge in [0.2, 0.25) is 0 Å². The van der Waals surface area contributed by atoms with Gasteiger partial charge in [-0.3, -0.25) is 0 Å². The summed E-state index contributed by atoms with van der Waals surface area (Å²) in [5.74, 6) is 0. The second-order valence-corrected chi connectivity index (χ2v) is 5.60. The summed E-state index contributed by atoms with van der Waals surface area (Å²) in [5, 5.41) is 9.08. The molecule has 4 heteroatoms. The lowest BCUT2D eigenvalue weighted by Crippen LogP contribution is -2.47. The normalized spacial score (nSPS) is 22.6. The van der Waals surface area contributed by atoms with E-state index in [4.69, 9.17) is 10.8 Å². The van der Waals surface area contributed by atoms with Gasteiger partial charge in [-0.25, -0.2) is 0 Å². The van der Waals surface area contributed by atoms with E-state index in [0.29, 0.717) is 0 Å². The van der Waals surface area contributed by atoms with Crippen molar-refractivity contribution in [2.75, 3.05) is 45.9 Å². The number of hydrogen-bond donors (Lipinski definition) is 2. The third-order valence-corrected chi connectivity index (χ3v) is 3.59. The molecule has 0 spiro atoms. The second-order valence-electron chi connectivity index (χ2n) is 5.60. The van der Waals surface area contributed by atoms with Gasteiger partial charge < -0.3 is 20.6 Å². The van der Waals surface area contributed by atoms with Crippen LogP contribution in [0.2, 0.25) is 0 Å². The highest BCUT2D eigenvalue weighted by molar-refractivity contribution is 4.78. The van der Waals surface area contributed by atoms with Crippen LogP contribution in [0.15, 0.2) is 0 Å². The van der Waals surface area contributed by atoms with Gasteiger partial charge in [0.25, 0.3) is 0 Å². The van der Waals surface area contributed by atoms with Crippen molar-refractivity contribution in [3.8, 4) is 0 Å². The molecule has 1 aliphatic heterocycles. The maximum atomic E-state index is 9.08. The molecule has 4 nitrogen and oxygen atoms in total. The highest BCUT2D eigenvalue weighted by atomic mass is 16.3. The van der Waals surface area contributed by atoms with Gasteiger partial charge in [0.15, 0.2) is 0 Å². The zero-order valence-corrected chi connectivity index (χ0v) is 11.5. The summed E-state index contributed by atoms with van der Waals surface area (Å²) in [5.41, 5.74) is 5.52. The molecule has 0 aromatic heterocycles. The van der Waals surface area contributed by atoms with Crippen LogP contribution in [-0.4, -0.2) is 66.3 Å². The van der Waals surface area contributed by atoms with E-state index in [1.165, 1.54) is 39.1 Å². The zero-order valence-electron chi connectivity index (χ0n) is 11.5. The third-order valence-electron chi connectivity index (χ3n) is 3.59. The Balaban J connectivity index is 2.10. The van der Waals surface area contributed by atoms with E-state index in [0.717, 1.165) is 19.4 Å². The number of nitrogens with zero attached hydrogens (tertiary/aromatic N) is 2. The summed E-state index contributed by atoms with van der Waals surface area (Å²) in [4.78, 5) is 5.05. The molecular formula is C13H29N3O. The van der Waals surface area contributed by atoms with E-state index < -0.39 is 5.54 Å². The van der Waals surface area contributed by atoms with Crippen LogP contribution < -0.4 is 5.73 Å². The molecule has 1 fully saturated rings. The lowest BCUT2D eigenvalue weighted by molar-refractivity contribution is 0.125. The summed E-state index contributed by atoms with van der Waals surface area (Å²) < 4.78 is 0. The van der Waals surface area contributed by atoms with Crippen molar-refractivity contribution < 1.29 is 5.11 Å². The minimum atomic E-state index is -0.399. The molecule has 102 valence electrons. The van der Waals surface area contributed by atoms with Crippen molar-refractivity contribution in [3.63, 3.8) is 0 Å². The zero-order chi connectivity index (χ0) is 12.7. The molecule has 1 heterocycles. The van der Waals surface area contributed by atoms with Crippen molar-refractivity contribution in [2.24, 2.45) is 5.73 Å². The maximum absolute atomic E-state index is 9.08. The van der Waals surface area contributed by atoms with Crippen LogP contribution in [0.3, 0.4) is 0 Å². The number of nitrogens with two attached hydrogens (primary N) is 1. The number of rotatable bonds is 7. The second kappa shape index (κ2) is 7.31. The van der Waals surface area contributed by atoms with Gasteiger partial charge >= 0.3 is 0 Å². The number of hydrogen-bond acceptors (Lipinski definition) is 4. The van der Waals surface area contributed by atoms with E-state index in [2.05, 4.69) is 16.7 Å². The van der Waals surface area contributed by atoms with Crippen molar-refractivity contribution >= 4 is 0 Å². The molecule has 1 saturated heterocycles. The molecule has 0 bridgehead atoms. The fraction of sp³-hybridized carbons (Fsp3) is 1.00. The summed E-state index contributed by atoms with van der Waals surface area (Å²) in [7, 11) is 0. The van der Waals surface area contributed by atoms with Crippen LogP contribution in [0.4, 0.5) is 0 Å². The lowest BCUT2D eigenvalue weighted by Gasteiger charge is -2.35. The minimum absolute atomic E-state index is 0.0806. The molecule has 1 rings (SSSR count). The largest absolute Gasteiger partial charge is 0.394 e. The molecular weight excluding hydrogens is 214 g/mol. The first-order valence-corrected chi connectivity index (χ1v) is 6.92. The van der Waals surface area contributed by atoms with E-state index in [9.17, 15) is 0 Å². The SMILES string of the molecule is CCCN1CCN(CCCC(C)(N)CO)CC1. The van der Waals surface area contributed by atoms with E-state index in [-0.39, 0.29) is 6.61 Å². The first-order valence-electron chi connectivity index (χ1n) is 6.92. The molecule has 1 unspecified atom stereocenters. The van der Waals surface area contributed by atoms with Crippen molar-refractivity contribution in [3.05, 3.63) is 0 Å². The Morgan fingerprint density at radius 1 is 1.12 bits per heavy atom. The molecule has 0 aromatic rings. The van der Waals surface area contributed by atoms with Crippen LogP contribution >= 0.6 is 0 Å². The van der Waals surface area contributed by atoms with E-state index in [1.807, 2.05) is 6.92 Å². The molecule has 0 radical (unpaired) electrons. The summed E-state index contributed by atoms with van der Waals surface area (Å²) in [6, 6.07) is 0. The van der Waals surface area contributed by atoms with Crippen molar-refractivity contribution in [1.29, 1.82) is 0 Å². The van der Waals surface area contributed by atoms with Gasteiger partial charge in [-0.15, -0.1) is 0 Å². The first-order chi connectivity index (χ1) is 8.07. The minimum Gasteiger partial charge on any atom is -0.394 e. The highest BCUT2D eigenvalue weighted by Gasteiger charge is 2.19. The Morgan fingerprint density at radius 3 is 2.12 bits per heavy atom. The maximum Gasteiger partial charge on any atom is 0.0608 e. The molecule has 0 saturated carbocycles. The van der Waals surface area contributed by atoms with Crippen LogP contribution in [0.1, 0.15) is 33.1 Å². The molecule has 3 N–H and O–H groups in total. The lowest BCUT2D eigenvalue weighted by atomic mass is 9.98. The summed E-state index contributed by atoms with van der Waals surface area (Å²) in [6.45, 7) is 11.4. The summed E-state index contributed by atoms with van der Waals surface area (Å²) in [6.07, 6.45) is 3.24. The number of piperazine rings is 1. The third kappa shape index (κ3) is 5.82. The first kappa shape index (κ1) is 14.9. The monoisotopic (exact) mass is 243 g/mol. The smallest absolute Gasteiger partial charge is 0.0608 e. The standard InChI is InChI=1S/C13H29N3O/c1-3-6-15-8-10-16(11-9-15)7-4-5-13(2,14)12-17/h17H,3-12,14H2,1-2H3. The number of aliphatic hydroxyl groups is 1. The van der Waals surface area contributed by atoms with Crippen molar-refractivity contribution in [1.82, 2.24) is 9.80 Å². The van der Waals surface area contributed by atoms with Gasteiger partial charge in [0, 0.05) is 31.7 Å². The number of aliphatic hydroxyl groups excluding tert-OH is 1. The highest BCUT2D eigenvalue weighted by Crippen LogP contribution is 2.10. The molecule has 1 aliphatic rings. The van der Waals surface area contributed by atoms with Gasteiger partial charge in [-0.1, -0.05) is 6.92 Å². The molecule has 1 atom stereocenters. The topological polar surface area (TPSA) is 52.7 Å². The fourth-order valence-corrected chi connectivity index (χ4v) is 2.34. The Kier molecular flexibility index (Phi) is 6.41. The molecule has 17 heavy (non-hydrogen) atoms. The Bertz CT molecular complexity index is 201. The van der Waals surface area contributed by atoms with Crippen LogP contribution in [-0.2, 0) is 0 Å². The molecule has 0 aliphatic carbocycles. The van der Waals surface area contributed by atoms with E-state index in [1.54, 1.807) is 0 Å². The quantitative estimate of drug-likeness (QED) is 0.684. The molecule has 0 aromatic carbocycles. The van der Waals surface area contributed by atoms with Crippen molar-refractivity contribution in [2.45, 2.75) is 38.6 Å². The Hall–Kier alpha value is -0.160. The Labute approximate surface area is 106 Å². The van der Waals surface area contributed by atoms with Gasteiger partial charge in [-0.05, 0) is 39.3 Å². The van der Waals surface area contributed by atoms with Gasteiger partial charge in [0.1, 0.15) is 0 Å². The predicted molar refractivity (Wildman–Crippen MR) is 72.1 cm³/mol. The van der Waals surface area contributed by atoms with Gasteiger partial charge in [-0.2, -0.15) is 0 Å². The average Bonchev–Trinajstić information content (AvgIpc) is 2.32. The molecule has 0 amide bonds. The fourth-order valence-electron chi connectivity index (χ4n) is 2.34. The van der Waals surface area contributed by atoms with Crippen LogP contribution in [0.25, 0.3) is 0 Å². The van der Waals surface area contributed by atoms with Gasteiger partial charge in [0.05, 0.1) is 6.61 Å².